The van der Waals surface area contributed by atoms with Crippen LogP contribution < -0.4 is 5.32 Å². The van der Waals surface area contributed by atoms with Gasteiger partial charge in [0.05, 0.1) is 0 Å². The molecule has 0 spiro atoms. The van der Waals surface area contributed by atoms with E-state index >= 15 is 0 Å². The van der Waals surface area contributed by atoms with Crippen LogP contribution in [0.25, 0.3) is 0 Å². The Morgan fingerprint density at radius 2 is 2.35 bits per heavy atom. The molecule has 1 saturated heterocycles. The minimum Gasteiger partial charge on any atom is -0.319 e. The zero-order valence-corrected chi connectivity index (χ0v) is 12.0. The van der Waals surface area contributed by atoms with Gasteiger partial charge in [0.1, 0.15) is 0 Å². The molecule has 0 amide bonds. The quantitative estimate of drug-likeness (QED) is 0.866. The van der Waals surface area contributed by atoms with E-state index in [1.165, 1.54) is 30.9 Å². The Morgan fingerprint density at radius 1 is 1.53 bits per heavy atom. The molecule has 17 heavy (non-hydrogen) atoms. The molecule has 2 nitrogen and oxygen atoms in total. The van der Waals surface area contributed by atoms with Crippen LogP contribution in [-0.2, 0) is 5.41 Å². The molecular formula is C14H24N2S. The Bertz CT molecular complexity index is 332. The van der Waals surface area contributed by atoms with Gasteiger partial charge in [-0.25, -0.2) is 0 Å². The standard InChI is InChI=1S/C14H24N2S/c1-14(2,13-5-4-8-17-13)11-16-7-6-12(10-16)9-15-3/h4-5,8,12,15H,6-7,9-11H2,1-3H3. The summed E-state index contributed by atoms with van der Waals surface area (Å²) < 4.78 is 0. The van der Waals surface area contributed by atoms with Gasteiger partial charge < -0.3 is 10.2 Å². The number of hydrogen-bond donors (Lipinski definition) is 1. The van der Waals surface area contributed by atoms with E-state index in [9.17, 15) is 0 Å². The predicted octanol–water partition coefficient (Wildman–Crippen LogP) is 2.57. The molecule has 1 aromatic heterocycles. The number of thiophene rings is 1. The monoisotopic (exact) mass is 252 g/mol. The predicted molar refractivity (Wildman–Crippen MR) is 75.8 cm³/mol. The Balaban J connectivity index is 1.89. The van der Waals surface area contributed by atoms with Gasteiger partial charge in [0.15, 0.2) is 0 Å². The summed E-state index contributed by atoms with van der Waals surface area (Å²) in [6, 6.07) is 4.43. The molecular weight excluding hydrogens is 228 g/mol. The third-order valence-electron chi connectivity index (χ3n) is 3.67. The van der Waals surface area contributed by atoms with Gasteiger partial charge in [-0.2, -0.15) is 0 Å². The highest BCUT2D eigenvalue weighted by atomic mass is 32.1. The first-order chi connectivity index (χ1) is 8.12. The van der Waals surface area contributed by atoms with Crippen LogP contribution in [0.2, 0.25) is 0 Å². The first-order valence-electron chi connectivity index (χ1n) is 6.53. The number of nitrogens with one attached hydrogen (secondary N) is 1. The molecule has 0 bridgehead atoms. The topological polar surface area (TPSA) is 15.3 Å². The second-order valence-corrected chi connectivity index (χ2v) is 6.76. The summed E-state index contributed by atoms with van der Waals surface area (Å²) in [7, 11) is 2.05. The maximum absolute atomic E-state index is 3.30. The lowest BCUT2D eigenvalue weighted by Gasteiger charge is -2.29. The second kappa shape index (κ2) is 5.51. The first kappa shape index (κ1) is 13.1. The maximum Gasteiger partial charge on any atom is 0.0118 e. The molecule has 0 aliphatic carbocycles. The zero-order chi connectivity index (χ0) is 12.3. The Kier molecular flexibility index (Phi) is 4.23. The molecule has 2 heterocycles. The zero-order valence-electron chi connectivity index (χ0n) is 11.2. The number of likely N-dealkylation sites (tertiary alicyclic amines) is 1. The molecule has 1 aliphatic rings. The Morgan fingerprint density at radius 3 is 3.00 bits per heavy atom. The highest BCUT2D eigenvalue weighted by molar-refractivity contribution is 7.10. The highest BCUT2D eigenvalue weighted by Crippen LogP contribution is 2.30. The minimum absolute atomic E-state index is 0.294. The van der Waals surface area contributed by atoms with E-state index in [2.05, 4.69) is 48.6 Å². The molecule has 96 valence electrons. The van der Waals surface area contributed by atoms with Crippen molar-refractivity contribution < 1.29 is 0 Å². The van der Waals surface area contributed by atoms with Gasteiger partial charge >= 0.3 is 0 Å². The van der Waals surface area contributed by atoms with E-state index in [-0.39, 0.29) is 0 Å². The van der Waals surface area contributed by atoms with Crippen LogP contribution >= 0.6 is 11.3 Å². The van der Waals surface area contributed by atoms with E-state index in [0.29, 0.717) is 5.41 Å². The van der Waals surface area contributed by atoms with Gasteiger partial charge in [0.25, 0.3) is 0 Å². The average molecular weight is 252 g/mol. The van der Waals surface area contributed by atoms with E-state index in [1.54, 1.807) is 0 Å². The van der Waals surface area contributed by atoms with Crippen LogP contribution in [0.15, 0.2) is 17.5 Å². The van der Waals surface area contributed by atoms with Crippen molar-refractivity contribution in [3.8, 4) is 0 Å². The average Bonchev–Trinajstić information content (AvgIpc) is 2.88. The fraction of sp³-hybridized carbons (Fsp3) is 0.714. The number of rotatable bonds is 5. The normalized spacial score (nSPS) is 22.2. The second-order valence-electron chi connectivity index (χ2n) is 5.81. The summed E-state index contributed by atoms with van der Waals surface area (Å²) >= 11 is 1.89. The molecule has 1 N–H and O–H groups in total. The molecule has 1 fully saturated rings. The highest BCUT2D eigenvalue weighted by Gasteiger charge is 2.29. The van der Waals surface area contributed by atoms with Gasteiger partial charge in [-0.15, -0.1) is 11.3 Å². The molecule has 0 aromatic carbocycles. The van der Waals surface area contributed by atoms with Crippen LogP contribution in [0.3, 0.4) is 0 Å². The summed E-state index contributed by atoms with van der Waals surface area (Å²) in [5.74, 6) is 0.846. The van der Waals surface area contributed by atoms with Crippen molar-refractivity contribution in [1.29, 1.82) is 0 Å². The summed E-state index contributed by atoms with van der Waals surface area (Å²) in [5, 5.41) is 5.48. The van der Waals surface area contributed by atoms with Gasteiger partial charge in [0, 0.05) is 23.4 Å². The maximum atomic E-state index is 3.30. The Labute approximate surface area is 109 Å². The van der Waals surface area contributed by atoms with Crippen LogP contribution in [0.4, 0.5) is 0 Å². The van der Waals surface area contributed by atoms with Crippen LogP contribution in [0.1, 0.15) is 25.1 Å². The molecule has 0 radical (unpaired) electrons. The number of nitrogens with zero attached hydrogens (tertiary/aromatic N) is 1. The van der Waals surface area contributed by atoms with Crippen molar-refractivity contribution in [2.24, 2.45) is 5.92 Å². The van der Waals surface area contributed by atoms with E-state index in [4.69, 9.17) is 0 Å². The summed E-state index contributed by atoms with van der Waals surface area (Å²) in [6.45, 7) is 9.61. The smallest absolute Gasteiger partial charge is 0.0118 e. The van der Waals surface area contributed by atoms with Gasteiger partial charge in [-0.3, -0.25) is 0 Å². The van der Waals surface area contributed by atoms with E-state index in [0.717, 1.165) is 12.5 Å². The SMILES string of the molecule is CNCC1CCN(CC(C)(C)c2cccs2)C1. The van der Waals surface area contributed by atoms with Crippen molar-refractivity contribution in [3.05, 3.63) is 22.4 Å². The lowest BCUT2D eigenvalue weighted by Crippen LogP contribution is -2.35. The molecule has 1 unspecified atom stereocenters. The van der Waals surface area contributed by atoms with Crippen molar-refractivity contribution in [1.82, 2.24) is 10.2 Å². The summed E-state index contributed by atoms with van der Waals surface area (Å²) in [5.41, 5.74) is 0.294. The summed E-state index contributed by atoms with van der Waals surface area (Å²) in [6.07, 6.45) is 1.35. The molecule has 1 aliphatic heterocycles. The third-order valence-corrected chi connectivity index (χ3v) is 4.91. The van der Waals surface area contributed by atoms with Crippen LogP contribution in [0, 0.1) is 5.92 Å². The van der Waals surface area contributed by atoms with Crippen molar-refractivity contribution >= 4 is 11.3 Å². The van der Waals surface area contributed by atoms with Gasteiger partial charge in [-0.05, 0) is 43.9 Å². The van der Waals surface area contributed by atoms with E-state index in [1.807, 2.05) is 11.3 Å². The lowest BCUT2D eigenvalue weighted by molar-refractivity contribution is 0.262. The van der Waals surface area contributed by atoms with Gasteiger partial charge in [-0.1, -0.05) is 19.9 Å². The van der Waals surface area contributed by atoms with Crippen molar-refractivity contribution in [2.75, 3.05) is 33.2 Å². The fourth-order valence-electron chi connectivity index (χ4n) is 2.81. The molecule has 1 atom stereocenters. The van der Waals surface area contributed by atoms with Crippen LogP contribution in [-0.4, -0.2) is 38.1 Å². The molecule has 1 aromatic rings. The van der Waals surface area contributed by atoms with E-state index < -0.39 is 0 Å². The largest absolute Gasteiger partial charge is 0.319 e. The molecule has 2 rings (SSSR count). The molecule has 3 heteroatoms. The summed E-state index contributed by atoms with van der Waals surface area (Å²) in [4.78, 5) is 4.14. The van der Waals surface area contributed by atoms with Crippen molar-refractivity contribution in [3.63, 3.8) is 0 Å². The Hall–Kier alpha value is -0.380. The van der Waals surface area contributed by atoms with Gasteiger partial charge in [0.2, 0.25) is 0 Å². The third kappa shape index (κ3) is 3.30. The molecule has 0 saturated carbocycles. The lowest BCUT2D eigenvalue weighted by atomic mass is 9.91. The van der Waals surface area contributed by atoms with Crippen LogP contribution in [0.5, 0.6) is 0 Å². The first-order valence-corrected chi connectivity index (χ1v) is 7.41. The minimum atomic E-state index is 0.294. The number of hydrogen-bond acceptors (Lipinski definition) is 3. The van der Waals surface area contributed by atoms with Crippen molar-refractivity contribution in [2.45, 2.75) is 25.7 Å². The fourth-order valence-corrected chi connectivity index (χ4v) is 3.66.